The van der Waals surface area contributed by atoms with Crippen LogP contribution in [0.4, 0.5) is 0 Å². The third-order valence-electron chi connectivity index (χ3n) is 3.49. The van der Waals surface area contributed by atoms with Crippen molar-refractivity contribution in [1.29, 1.82) is 0 Å². The summed E-state index contributed by atoms with van der Waals surface area (Å²) in [5.74, 6) is 0. The number of hydrogen-bond acceptors (Lipinski definition) is 1. The quantitative estimate of drug-likeness (QED) is 0.508. The number of rotatable bonds is 3. The molecule has 0 bridgehead atoms. The second kappa shape index (κ2) is 5.62. The van der Waals surface area contributed by atoms with Gasteiger partial charge in [-0.2, -0.15) is 0 Å². The van der Waals surface area contributed by atoms with E-state index in [0.717, 1.165) is 10.5 Å². The first-order valence-corrected chi connectivity index (χ1v) is 6.58. The molecular weight excluding hydrogens is 236 g/mol. The van der Waals surface area contributed by atoms with E-state index in [4.69, 9.17) is 0 Å². The first kappa shape index (κ1) is 14.8. The van der Waals surface area contributed by atoms with Gasteiger partial charge in [-0.3, -0.25) is 0 Å². The third-order valence-corrected chi connectivity index (χ3v) is 3.80. The highest BCUT2D eigenvalue weighted by molar-refractivity contribution is 7.84. The van der Waals surface area contributed by atoms with E-state index in [1.54, 1.807) is 6.08 Å². The molecule has 0 nitrogen and oxygen atoms in total. The fraction of sp³-hybridized carbons (Fsp3) is 0.294. The fourth-order valence-electron chi connectivity index (χ4n) is 2.35. The molecule has 1 aliphatic carbocycles. The van der Waals surface area contributed by atoms with Gasteiger partial charge < -0.3 is 0 Å². The van der Waals surface area contributed by atoms with Crippen molar-refractivity contribution in [2.24, 2.45) is 5.41 Å². The second-order valence-electron chi connectivity index (χ2n) is 5.02. The van der Waals surface area contributed by atoms with Crippen LogP contribution in [0.15, 0.2) is 70.7 Å². The molecule has 0 radical (unpaired) electrons. The molecule has 0 saturated carbocycles. The van der Waals surface area contributed by atoms with Crippen LogP contribution >= 0.6 is 12.6 Å². The Morgan fingerprint density at radius 3 is 2.44 bits per heavy atom. The summed E-state index contributed by atoms with van der Waals surface area (Å²) in [5.41, 5.74) is 4.87. The minimum Gasteiger partial charge on any atom is -0.143 e. The second-order valence-corrected chi connectivity index (χ2v) is 5.54. The zero-order valence-corrected chi connectivity index (χ0v) is 12.6. The van der Waals surface area contributed by atoms with E-state index in [2.05, 4.69) is 64.8 Å². The lowest BCUT2D eigenvalue weighted by molar-refractivity contribution is 0.578. The largest absolute Gasteiger partial charge is 0.143 e. The van der Waals surface area contributed by atoms with Crippen molar-refractivity contribution in [2.45, 2.75) is 27.7 Å². The van der Waals surface area contributed by atoms with Gasteiger partial charge in [0.1, 0.15) is 0 Å². The summed E-state index contributed by atoms with van der Waals surface area (Å²) in [6.45, 7) is 16.5. The molecule has 0 aromatic rings. The van der Waals surface area contributed by atoms with Gasteiger partial charge in [0.25, 0.3) is 0 Å². The topological polar surface area (TPSA) is 0 Å². The molecule has 0 atom stereocenters. The van der Waals surface area contributed by atoms with Gasteiger partial charge in [-0.25, -0.2) is 0 Å². The maximum Gasteiger partial charge on any atom is 0.0155 e. The highest BCUT2D eigenvalue weighted by Crippen LogP contribution is 2.50. The van der Waals surface area contributed by atoms with Crippen LogP contribution in [0.25, 0.3) is 0 Å². The minimum absolute atomic E-state index is 0.0301. The molecule has 0 aromatic heterocycles. The predicted octanol–water partition coefficient (Wildman–Crippen LogP) is 5.40. The van der Waals surface area contributed by atoms with Crippen LogP contribution in [-0.4, -0.2) is 0 Å². The zero-order valence-electron chi connectivity index (χ0n) is 11.7. The van der Waals surface area contributed by atoms with Crippen molar-refractivity contribution in [3.8, 4) is 0 Å². The van der Waals surface area contributed by atoms with Crippen LogP contribution in [-0.2, 0) is 0 Å². The van der Waals surface area contributed by atoms with E-state index in [-0.39, 0.29) is 5.41 Å². The van der Waals surface area contributed by atoms with Gasteiger partial charge in [0.05, 0.1) is 0 Å². The molecule has 0 saturated heterocycles. The van der Waals surface area contributed by atoms with Crippen molar-refractivity contribution < 1.29 is 0 Å². The molecular formula is C17H22S. The van der Waals surface area contributed by atoms with Crippen molar-refractivity contribution in [2.75, 3.05) is 0 Å². The van der Waals surface area contributed by atoms with E-state index in [0.29, 0.717) is 0 Å². The van der Waals surface area contributed by atoms with Crippen LogP contribution in [0.3, 0.4) is 0 Å². The molecule has 0 aromatic carbocycles. The van der Waals surface area contributed by atoms with E-state index >= 15 is 0 Å². The van der Waals surface area contributed by atoms with Gasteiger partial charge in [-0.1, -0.05) is 51.3 Å². The van der Waals surface area contributed by atoms with E-state index in [1.807, 2.05) is 13.0 Å². The summed E-state index contributed by atoms with van der Waals surface area (Å²) >= 11 is 4.40. The smallest absolute Gasteiger partial charge is 0.0155 e. The summed E-state index contributed by atoms with van der Waals surface area (Å²) in [7, 11) is 0. The molecule has 0 spiro atoms. The molecule has 0 unspecified atom stereocenters. The Hall–Kier alpha value is -1.21. The van der Waals surface area contributed by atoms with Gasteiger partial charge in [-0.15, -0.1) is 12.6 Å². The van der Waals surface area contributed by atoms with Crippen molar-refractivity contribution >= 4 is 12.6 Å². The monoisotopic (exact) mass is 258 g/mol. The standard InChI is InChI=1S/C17H22S/c1-7-9-10-15-12(3)13(4)16(17(15,5)6)11-14(18)8-2/h7-11,18H,2-3H2,1,4-6H3/b9-7-,14-11+,15-10+. The van der Waals surface area contributed by atoms with Crippen LogP contribution in [0.5, 0.6) is 0 Å². The summed E-state index contributed by atoms with van der Waals surface area (Å²) in [5, 5.41) is 0. The summed E-state index contributed by atoms with van der Waals surface area (Å²) < 4.78 is 0. The van der Waals surface area contributed by atoms with Gasteiger partial charge in [0.2, 0.25) is 0 Å². The molecule has 1 aliphatic rings. The molecule has 0 heterocycles. The van der Waals surface area contributed by atoms with Crippen LogP contribution in [0.1, 0.15) is 27.7 Å². The average Bonchev–Trinajstić information content (AvgIpc) is 2.48. The predicted molar refractivity (Wildman–Crippen MR) is 85.8 cm³/mol. The van der Waals surface area contributed by atoms with Gasteiger partial charge in [0, 0.05) is 10.3 Å². The highest BCUT2D eigenvalue weighted by Gasteiger charge is 2.36. The molecule has 18 heavy (non-hydrogen) atoms. The Morgan fingerprint density at radius 1 is 1.33 bits per heavy atom. The van der Waals surface area contributed by atoms with Crippen LogP contribution in [0.2, 0.25) is 0 Å². The Bertz CT molecular complexity index is 494. The molecule has 0 amide bonds. The Morgan fingerprint density at radius 2 is 1.94 bits per heavy atom. The average molecular weight is 258 g/mol. The van der Waals surface area contributed by atoms with E-state index in [1.165, 1.54) is 16.7 Å². The summed E-state index contributed by atoms with van der Waals surface area (Å²) in [6, 6.07) is 0. The Kier molecular flexibility index (Phi) is 4.64. The SMILES string of the molecule is C=C/C(S)=C\C1=C(C)C(=C)/C(=C\C=C/C)C1(C)C. The molecule has 1 heteroatoms. The molecule has 1 rings (SSSR count). The molecule has 96 valence electrons. The molecule has 0 N–H and O–H groups in total. The fourth-order valence-corrected chi connectivity index (χ4v) is 2.48. The van der Waals surface area contributed by atoms with Crippen molar-refractivity contribution in [1.82, 2.24) is 0 Å². The lowest BCUT2D eigenvalue weighted by Crippen LogP contribution is -2.12. The normalized spacial score (nSPS) is 22.4. The third kappa shape index (κ3) is 2.62. The maximum absolute atomic E-state index is 4.40. The Labute approximate surface area is 117 Å². The molecule has 0 aliphatic heterocycles. The summed E-state index contributed by atoms with van der Waals surface area (Å²) in [6.07, 6.45) is 10.1. The number of thiol groups is 1. The van der Waals surface area contributed by atoms with Gasteiger partial charge >= 0.3 is 0 Å². The number of hydrogen-bond donors (Lipinski definition) is 1. The minimum atomic E-state index is -0.0301. The highest BCUT2D eigenvalue weighted by atomic mass is 32.1. The summed E-state index contributed by atoms with van der Waals surface area (Å²) in [4.78, 5) is 0.887. The number of allylic oxidation sites excluding steroid dienone is 9. The van der Waals surface area contributed by atoms with Gasteiger partial charge in [0.15, 0.2) is 0 Å². The van der Waals surface area contributed by atoms with Crippen LogP contribution in [0, 0.1) is 5.41 Å². The van der Waals surface area contributed by atoms with Crippen LogP contribution < -0.4 is 0 Å². The lowest BCUT2D eigenvalue weighted by Gasteiger charge is -2.23. The Balaban J connectivity index is 3.36. The first-order chi connectivity index (χ1) is 8.36. The van der Waals surface area contributed by atoms with Gasteiger partial charge in [-0.05, 0) is 42.2 Å². The molecule has 0 fully saturated rings. The van der Waals surface area contributed by atoms with Crippen molar-refractivity contribution in [3.05, 3.63) is 70.7 Å². The lowest BCUT2D eigenvalue weighted by atomic mass is 9.80. The maximum atomic E-state index is 4.40. The zero-order chi connectivity index (χ0) is 13.9. The van der Waals surface area contributed by atoms with Crippen molar-refractivity contribution in [3.63, 3.8) is 0 Å². The van der Waals surface area contributed by atoms with E-state index < -0.39 is 0 Å². The first-order valence-electron chi connectivity index (χ1n) is 6.13. The van der Waals surface area contributed by atoms with E-state index in [9.17, 15) is 0 Å².